The van der Waals surface area contributed by atoms with E-state index in [1.807, 2.05) is 0 Å². The molecule has 0 saturated heterocycles. The van der Waals surface area contributed by atoms with Crippen LogP contribution in [-0.2, 0) is 21.1 Å². The minimum absolute atomic E-state index is 0.0476. The van der Waals surface area contributed by atoms with E-state index in [-0.39, 0.29) is 17.7 Å². The van der Waals surface area contributed by atoms with Gasteiger partial charge in [0.1, 0.15) is 11.3 Å². The highest BCUT2D eigenvalue weighted by atomic mass is 32.2. The van der Waals surface area contributed by atoms with Gasteiger partial charge in [-0.05, 0) is 12.1 Å². The highest BCUT2D eigenvalue weighted by molar-refractivity contribution is 7.91. The van der Waals surface area contributed by atoms with Crippen LogP contribution in [0.15, 0.2) is 23.1 Å². The second-order valence-electron chi connectivity index (χ2n) is 4.00. The first-order valence-electron chi connectivity index (χ1n) is 5.27. The van der Waals surface area contributed by atoms with Gasteiger partial charge in [-0.2, -0.15) is 0 Å². The molecule has 2 N–H and O–H groups in total. The zero-order valence-corrected chi connectivity index (χ0v) is 10.5. The Morgan fingerprint density at radius 3 is 2.78 bits per heavy atom. The van der Waals surface area contributed by atoms with E-state index in [1.165, 1.54) is 6.07 Å². The molecule has 0 unspecified atom stereocenters. The van der Waals surface area contributed by atoms with E-state index < -0.39 is 15.8 Å². The van der Waals surface area contributed by atoms with E-state index in [2.05, 4.69) is 9.97 Å². The molecule has 0 radical (unpaired) electrons. The van der Waals surface area contributed by atoms with Gasteiger partial charge < -0.3 is 10.1 Å². The van der Waals surface area contributed by atoms with Crippen LogP contribution < -0.4 is 0 Å². The van der Waals surface area contributed by atoms with Gasteiger partial charge in [0, 0.05) is 12.7 Å². The number of rotatable bonds is 4. The number of aliphatic carboxylic acids is 1. The average molecular weight is 268 g/mol. The summed E-state index contributed by atoms with van der Waals surface area (Å²) in [5, 5.41) is 8.60. The number of imidazole rings is 1. The van der Waals surface area contributed by atoms with Gasteiger partial charge >= 0.3 is 5.97 Å². The maximum absolute atomic E-state index is 11.6. The first-order valence-corrected chi connectivity index (χ1v) is 7.16. The molecular formula is C11H12N2O4S. The summed E-state index contributed by atoms with van der Waals surface area (Å²) in [6, 6.07) is 4.82. The molecule has 1 aromatic heterocycles. The number of hydrogen-bond donors (Lipinski definition) is 2. The molecule has 0 fully saturated rings. The van der Waals surface area contributed by atoms with Crippen LogP contribution >= 0.6 is 0 Å². The van der Waals surface area contributed by atoms with Crippen molar-refractivity contribution >= 4 is 26.8 Å². The summed E-state index contributed by atoms with van der Waals surface area (Å²) in [5.41, 5.74) is 0.957. The van der Waals surface area contributed by atoms with Gasteiger partial charge in [0.25, 0.3) is 0 Å². The van der Waals surface area contributed by atoms with Crippen molar-refractivity contribution < 1.29 is 18.3 Å². The molecule has 1 aromatic carbocycles. The van der Waals surface area contributed by atoms with Crippen molar-refractivity contribution in [2.75, 3.05) is 6.26 Å². The fourth-order valence-electron chi connectivity index (χ4n) is 1.70. The number of aryl methyl sites for hydroxylation is 1. The number of H-pyrrole nitrogens is 1. The number of sulfone groups is 1. The van der Waals surface area contributed by atoms with Gasteiger partial charge in [0.2, 0.25) is 0 Å². The second kappa shape index (κ2) is 4.41. The molecule has 1 heterocycles. The van der Waals surface area contributed by atoms with Crippen molar-refractivity contribution in [1.29, 1.82) is 0 Å². The van der Waals surface area contributed by atoms with Gasteiger partial charge in [0.15, 0.2) is 9.84 Å². The normalized spacial score (nSPS) is 11.8. The smallest absolute Gasteiger partial charge is 0.303 e. The zero-order valence-electron chi connectivity index (χ0n) is 9.67. The summed E-state index contributed by atoms with van der Waals surface area (Å²) >= 11 is 0. The third-order valence-corrected chi connectivity index (χ3v) is 3.63. The number of benzene rings is 1. The molecule has 0 bridgehead atoms. The zero-order chi connectivity index (χ0) is 13.3. The highest BCUT2D eigenvalue weighted by Gasteiger charge is 2.15. The van der Waals surface area contributed by atoms with Crippen molar-refractivity contribution in [3.8, 4) is 0 Å². The molecule has 96 valence electrons. The van der Waals surface area contributed by atoms with E-state index in [0.717, 1.165) is 6.26 Å². The first kappa shape index (κ1) is 12.6. The maximum Gasteiger partial charge on any atom is 0.303 e. The van der Waals surface area contributed by atoms with Crippen molar-refractivity contribution in [3.63, 3.8) is 0 Å². The minimum atomic E-state index is -3.35. The van der Waals surface area contributed by atoms with Crippen LogP contribution in [0, 0.1) is 0 Å². The summed E-state index contributed by atoms with van der Waals surface area (Å²) in [6.45, 7) is 0. The van der Waals surface area contributed by atoms with E-state index >= 15 is 0 Å². The third kappa shape index (κ3) is 2.51. The predicted molar refractivity (Wildman–Crippen MR) is 65.2 cm³/mol. The lowest BCUT2D eigenvalue weighted by molar-refractivity contribution is -0.137. The number of carbonyl (C=O) groups is 1. The van der Waals surface area contributed by atoms with Crippen LogP contribution in [0.25, 0.3) is 11.0 Å². The van der Waals surface area contributed by atoms with Gasteiger partial charge in [0.05, 0.1) is 16.8 Å². The Labute approximate surface area is 104 Å². The van der Waals surface area contributed by atoms with Gasteiger partial charge in [-0.25, -0.2) is 13.4 Å². The number of aromatic nitrogens is 2. The molecule has 0 amide bonds. The van der Waals surface area contributed by atoms with Crippen molar-refractivity contribution in [2.24, 2.45) is 0 Å². The molecule has 2 aromatic rings. The van der Waals surface area contributed by atoms with Gasteiger partial charge in [-0.15, -0.1) is 0 Å². The Hall–Kier alpha value is -1.89. The van der Waals surface area contributed by atoms with Crippen molar-refractivity contribution in [3.05, 3.63) is 24.0 Å². The summed E-state index contributed by atoms with van der Waals surface area (Å²) in [5.74, 6) is -0.442. The molecule has 0 spiro atoms. The number of nitrogens with zero attached hydrogens (tertiary/aromatic N) is 1. The summed E-state index contributed by atoms with van der Waals surface area (Å²) in [4.78, 5) is 17.7. The lowest BCUT2D eigenvalue weighted by Gasteiger charge is -1.97. The lowest BCUT2D eigenvalue weighted by Crippen LogP contribution is -1.99. The predicted octanol–water partition coefficient (Wildman–Crippen LogP) is 0.984. The van der Waals surface area contributed by atoms with Crippen molar-refractivity contribution in [1.82, 2.24) is 9.97 Å². The number of carboxylic acid groups (broad SMARTS) is 1. The number of nitrogens with one attached hydrogen (secondary N) is 1. The molecule has 0 aliphatic carbocycles. The lowest BCUT2D eigenvalue weighted by atomic mass is 10.3. The molecule has 18 heavy (non-hydrogen) atoms. The van der Waals surface area contributed by atoms with Crippen LogP contribution in [-0.4, -0.2) is 35.7 Å². The summed E-state index contributed by atoms with van der Waals surface area (Å²) in [7, 11) is -3.35. The molecule has 6 nitrogen and oxygen atoms in total. The van der Waals surface area contributed by atoms with Gasteiger partial charge in [-0.1, -0.05) is 6.07 Å². The Kier molecular flexibility index (Phi) is 3.08. The number of aromatic amines is 1. The molecule has 0 aliphatic heterocycles. The number of fused-ring (bicyclic) bond motifs is 1. The van der Waals surface area contributed by atoms with E-state index in [9.17, 15) is 13.2 Å². The molecule has 0 aliphatic rings. The molecule has 7 heteroatoms. The van der Waals surface area contributed by atoms with Crippen LogP contribution in [0.2, 0.25) is 0 Å². The monoisotopic (exact) mass is 268 g/mol. The van der Waals surface area contributed by atoms with E-state index in [1.54, 1.807) is 12.1 Å². The molecular weight excluding hydrogens is 256 g/mol. The van der Waals surface area contributed by atoms with E-state index in [0.29, 0.717) is 16.9 Å². The standard InChI is InChI=1S/C11H12N2O4S/c1-18(16,17)8-4-2-3-7-11(8)13-9(12-7)5-6-10(14)15/h2-4H,5-6H2,1H3,(H,12,13)(H,14,15). The van der Waals surface area contributed by atoms with Crippen LogP contribution in [0.1, 0.15) is 12.2 Å². The van der Waals surface area contributed by atoms with Gasteiger partial charge in [-0.3, -0.25) is 4.79 Å². The Morgan fingerprint density at radius 1 is 1.44 bits per heavy atom. The Bertz CT molecular complexity index is 703. The highest BCUT2D eigenvalue weighted by Crippen LogP contribution is 2.21. The topological polar surface area (TPSA) is 100 Å². The van der Waals surface area contributed by atoms with Crippen molar-refractivity contribution in [2.45, 2.75) is 17.7 Å². The number of hydrogen-bond acceptors (Lipinski definition) is 4. The SMILES string of the molecule is CS(=O)(=O)c1cccc2[nH]c(CCC(=O)O)nc12. The van der Waals surface area contributed by atoms with Crippen LogP contribution in [0.4, 0.5) is 0 Å². The second-order valence-corrected chi connectivity index (χ2v) is 5.99. The Morgan fingerprint density at radius 2 is 2.17 bits per heavy atom. The number of carboxylic acids is 1. The molecule has 0 saturated carbocycles. The Balaban J connectivity index is 2.48. The van der Waals surface area contributed by atoms with Crippen LogP contribution in [0.5, 0.6) is 0 Å². The fraction of sp³-hybridized carbons (Fsp3) is 0.273. The fourth-order valence-corrected chi connectivity index (χ4v) is 2.53. The molecule has 2 rings (SSSR count). The third-order valence-electron chi connectivity index (χ3n) is 2.50. The summed E-state index contributed by atoms with van der Waals surface area (Å²) in [6.07, 6.45) is 1.31. The maximum atomic E-state index is 11.6. The first-order chi connectivity index (χ1) is 8.38. The molecule has 0 atom stereocenters. The van der Waals surface area contributed by atoms with E-state index in [4.69, 9.17) is 5.11 Å². The number of para-hydroxylation sites is 1. The minimum Gasteiger partial charge on any atom is -0.481 e. The quantitative estimate of drug-likeness (QED) is 0.861. The average Bonchev–Trinajstić information content (AvgIpc) is 2.66. The summed E-state index contributed by atoms with van der Waals surface area (Å²) < 4.78 is 23.1. The van der Waals surface area contributed by atoms with Crippen LogP contribution in [0.3, 0.4) is 0 Å². The largest absolute Gasteiger partial charge is 0.481 e.